The highest BCUT2D eigenvalue weighted by molar-refractivity contribution is 5.88. The van der Waals surface area contributed by atoms with Crippen LogP contribution >= 0.6 is 0 Å². The number of nitrogens with two attached hydrogens (primary N) is 1. The van der Waals surface area contributed by atoms with E-state index in [-0.39, 0.29) is 18.4 Å². The molecule has 10 nitrogen and oxygen atoms in total. The molecule has 0 radical (unpaired) electrons. The zero-order valence-corrected chi connectivity index (χ0v) is 17.9. The molecule has 0 unspecified atom stereocenters. The first-order valence-electron chi connectivity index (χ1n) is 10.5. The van der Waals surface area contributed by atoms with Crippen LogP contribution in [0.15, 0.2) is 24.3 Å². The molecule has 3 N–H and O–H groups in total. The molecular formula is C22H25N7O3. The molecule has 4 rings (SSSR count). The van der Waals surface area contributed by atoms with Gasteiger partial charge in [0, 0.05) is 36.3 Å². The second kappa shape index (κ2) is 9.20. The number of fused-ring (bicyclic) bond motifs is 1. The minimum Gasteiger partial charge on any atom is -0.377 e. The van der Waals surface area contributed by atoms with E-state index < -0.39 is 6.03 Å². The van der Waals surface area contributed by atoms with Gasteiger partial charge < -0.3 is 25.6 Å². The second-order valence-corrected chi connectivity index (χ2v) is 7.88. The number of morpholine rings is 1. The van der Waals surface area contributed by atoms with Gasteiger partial charge in [0.25, 0.3) is 0 Å². The molecule has 3 heterocycles. The molecule has 0 bridgehead atoms. The zero-order chi connectivity index (χ0) is 22.7. The number of hydrogen-bond donors (Lipinski definition) is 2. The van der Waals surface area contributed by atoms with Gasteiger partial charge in [0.05, 0.1) is 37.6 Å². The molecule has 2 aromatic rings. The molecule has 32 heavy (non-hydrogen) atoms. The predicted octanol–water partition coefficient (Wildman–Crippen LogP) is 1.66. The Morgan fingerprint density at radius 1 is 1.28 bits per heavy atom. The van der Waals surface area contributed by atoms with Crippen molar-refractivity contribution in [3.8, 4) is 17.5 Å². The quantitative estimate of drug-likeness (QED) is 0.745. The maximum absolute atomic E-state index is 12.3. The number of benzene rings is 1. The van der Waals surface area contributed by atoms with E-state index in [4.69, 9.17) is 25.7 Å². The van der Waals surface area contributed by atoms with Gasteiger partial charge in [0.2, 0.25) is 5.91 Å². The molecule has 1 fully saturated rings. The second-order valence-electron chi connectivity index (χ2n) is 7.88. The molecule has 3 amide bonds. The largest absolute Gasteiger partial charge is 0.377 e. The fourth-order valence-electron chi connectivity index (χ4n) is 4.04. The molecule has 10 heteroatoms. The van der Waals surface area contributed by atoms with Crippen LogP contribution in [-0.4, -0.2) is 59.2 Å². The number of carbonyl (C=O) groups is 2. The van der Waals surface area contributed by atoms with Crippen molar-refractivity contribution in [1.82, 2.24) is 14.9 Å². The molecule has 2 aliphatic rings. The fraction of sp³-hybridized carbons (Fsp3) is 0.409. The minimum atomic E-state index is -0.623. The Balaban J connectivity index is 1.73. The molecule has 1 aromatic heterocycles. The molecule has 1 saturated heterocycles. The summed E-state index contributed by atoms with van der Waals surface area (Å²) in [5, 5.41) is 11.5. The van der Waals surface area contributed by atoms with Crippen LogP contribution in [0.25, 0.3) is 11.4 Å². The van der Waals surface area contributed by atoms with Crippen LogP contribution < -0.4 is 16.0 Å². The van der Waals surface area contributed by atoms with E-state index in [0.29, 0.717) is 50.8 Å². The summed E-state index contributed by atoms with van der Waals surface area (Å²) in [6.45, 7) is 4.87. The number of nitriles is 1. The van der Waals surface area contributed by atoms with Gasteiger partial charge in [0.1, 0.15) is 12.2 Å². The van der Waals surface area contributed by atoms with Gasteiger partial charge in [-0.3, -0.25) is 4.79 Å². The van der Waals surface area contributed by atoms with E-state index >= 15 is 0 Å². The Kier molecular flexibility index (Phi) is 6.18. The molecule has 1 aromatic carbocycles. The third-order valence-electron chi connectivity index (χ3n) is 5.67. The first-order chi connectivity index (χ1) is 15.5. The SMILES string of the molecule is C[C@H]1COCCN1c1nc(-c2ccc(NC(N)=O)cc2)nc2c1CN(C(=O)CC#N)CC2. The predicted molar refractivity (Wildman–Crippen MR) is 118 cm³/mol. The first kappa shape index (κ1) is 21.5. The number of nitrogens with zero attached hydrogens (tertiary/aromatic N) is 5. The number of urea groups is 1. The lowest BCUT2D eigenvalue weighted by atomic mass is 10.0. The summed E-state index contributed by atoms with van der Waals surface area (Å²) in [4.78, 5) is 37.0. The lowest BCUT2D eigenvalue weighted by Crippen LogP contribution is -2.46. The van der Waals surface area contributed by atoms with Crippen molar-refractivity contribution in [1.29, 1.82) is 5.26 Å². The van der Waals surface area contributed by atoms with Gasteiger partial charge in [-0.2, -0.15) is 5.26 Å². The molecule has 0 saturated carbocycles. The average molecular weight is 435 g/mol. The highest BCUT2D eigenvalue weighted by atomic mass is 16.5. The fourth-order valence-corrected chi connectivity index (χ4v) is 4.04. The van der Waals surface area contributed by atoms with Crippen LogP contribution in [0.5, 0.6) is 0 Å². The molecule has 166 valence electrons. The Labute approximate surface area is 186 Å². The number of hydrogen-bond acceptors (Lipinski definition) is 7. The monoisotopic (exact) mass is 435 g/mol. The van der Waals surface area contributed by atoms with E-state index in [1.807, 2.05) is 18.2 Å². The maximum atomic E-state index is 12.3. The Morgan fingerprint density at radius 2 is 2.06 bits per heavy atom. The van der Waals surface area contributed by atoms with Crippen molar-refractivity contribution in [3.63, 3.8) is 0 Å². The van der Waals surface area contributed by atoms with Gasteiger partial charge in [-0.1, -0.05) is 0 Å². The lowest BCUT2D eigenvalue weighted by Gasteiger charge is -2.38. The van der Waals surface area contributed by atoms with Crippen LogP contribution in [-0.2, 0) is 22.5 Å². The summed E-state index contributed by atoms with van der Waals surface area (Å²) in [6, 6.07) is 8.62. The molecule has 0 spiro atoms. The lowest BCUT2D eigenvalue weighted by molar-refractivity contribution is -0.131. The van der Waals surface area contributed by atoms with E-state index in [0.717, 1.165) is 22.6 Å². The number of anilines is 2. The van der Waals surface area contributed by atoms with Gasteiger partial charge in [0.15, 0.2) is 5.82 Å². The van der Waals surface area contributed by atoms with E-state index in [9.17, 15) is 9.59 Å². The van der Waals surface area contributed by atoms with Crippen LogP contribution in [0, 0.1) is 11.3 Å². The smallest absolute Gasteiger partial charge is 0.316 e. The highest BCUT2D eigenvalue weighted by Gasteiger charge is 2.30. The first-order valence-corrected chi connectivity index (χ1v) is 10.5. The van der Waals surface area contributed by atoms with Crippen molar-refractivity contribution in [2.45, 2.75) is 32.4 Å². The van der Waals surface area contributed by atoms with E-state index in [1.54, 1.807) is 17.0 Å². The number of carbonyl (C=O) groups excluding carboxylic acids is 2. The number of aromatic nitrogens is 2. The number of primary amides is 1. The highest BCUT2D eigenvalue weighted by Crippen LogP contribution is 2.32. The minimum absolute atomic E-state index is 0.128. The van der Waals surface area contributed by atoms with Gasteiger partial charge in [-0.25, -0.2) is 14.8 Å². The van der Waals surface area contributed by atoms with Crippen LogP contribution in [0.2, 0.25) is 0 Å². The Morgan fingerprint density at radius 3 is 2.75 bits per heavy atom. The topological polar surface area (TPSA) is 137 Å². The summed E-state index contributed by atoms with van der Waals surface area (Å²) in [5.74, 6) is 1.20. The van der Waals surface area contributed by atoms with Crippen LogP contribution in [0.1, 0.15) is 24.6 Å². The Hall–Kier alpha value is -3.71. The maximum Gasteiger partial charge on any atom is 0.316 e. The molecular weight excluding hydrogens is 410 g/mol. The van der Waals surface area contributed by atoms with Gasteiger partial charge in [-0.15, -0.1) is 0 Å². The van der Waals surface area contributed by atoms with Gasteiger partial charge >= 0.3 is 6.03 Å². The van der Waals surface area contributed by atoms with Crippen molar-refractivity contribution in [2.75, 3.05) is 36.5 Å². The number of ether oxygens (including phenoxy) is 1. The standard InChI is InChI=1S/C22H25N7O3/c1-14-13-32-11-10-29(14)21-17-12-28(19(30)6-8-23)9-7-18(17)26-20(27-21)15-2-4-16(5-3-15)25-22(24)31/h2-5,14H,6-7,9-13H2,1H3,(H3,24,25,31)/t14-/m0/s1. The molecule has 0 aliphatic carbocycles. The van der Waals surface area contributed by atoms with Crippen molar-refractivity contribution in [3.05, 3.63) is 35.5 Å². The number of nitrogens with one attached hydrogen (secondary N) is 1. The summed E-state index contributed by atoms with van der Waals surface area (Å²) in [5.41, 5.74) is 8.41. The Bertz CT molecular complexity index is 1060. The van der Waals surface area contributed by atoms with Crippen molar-refractivity contribution >= 4 is 23.4 Å². The van der Waals surface area contributed by atoms with Gasteiger partial charge in [-0.05, 0) is 31.2 Å². The summed E-state index contributed by atoms with van der Waals surface area (Å²) in [7, 11) is 0. The third-order valence-corrected chi connectivity index (χ3v) is 5.67. The van der Waals surface area contributed by atoms with Crippen molar-refractivity contribution in [2.24, 2.45) is 5.73 Å². The molecule has 1 atom stereocenters. The number of amides is 3. The summed E-state index contributed by atoms with van der Waals surface area (Å²) >= 11 is 0. The van der Waals surface area contributed by atoms with Crippen molar-refractivity contribution < 1.29 is 14.3 Å². The summed E-state index contributed by atoms with van der Waals surface area (Å²) in [6.07, 6.45) is 0.457. The van der Waals surface area contributed by atoms with Crippen LogP contribution in [0.3, 0.4) is 0 Å². The molecule has 2 aliphatic heterocycles. The van der Waals surface area contributed by atoms with Crippen LogP contribution in [0.4, 0.5) is 16.3 Å². The average Bonchev–Trinajstić information content (AvgIpc) is 2.79. The number of rotatable bonds is 4. The van der Waals surface area contributed by atoms with E-state index in [1.165, 1.54) is 0 Å². The van der Waals surface area contributed by atoms with E-state index in [2.05, 4.69) is 17.1 Å². The zero-order valence-electron chi connectivity index (χ0n) is 17.9. The third kappa shape index (κ3) is 4.48. The normalized spacial score (nSPS) is 17.9. The summed E-state index contributed by atoms with van der Waals surface area (Å²) < 4.78 is 5.60.